The molecular formula is C5H13NO. The van der Waals surface area contributed by atoms with E-state index in [1.807, 2.05) is 6.92 Å². The summed E-state index contributed by atoms with van der Waals surface area (Å²) in [6.45, 7) is 5.32. The van der Waals surface area contributed by atoms with Gasteiger partial charge in [-0.15, -0.1) is 0 Å². The van der Waals surface area contributed by atoms with Crippen molar-refractivity contribution in [1.82, 2.24) is 6.15 Å². The molecule has 0 aromatic carbocycles. The first-order chi connectivity index (χ1) is 2.81. The molecule has 0 amide bonds. The molecule has 0 aromatic heterocycles. The van der Waals surface area contributed by atoms with Crippen LogP contribution in [0.2, 0.25) is 0 Å². The SMILES string of the molecule is C=C(C=O)CC.N.[HH]. The lowest BCUT2D eigenvalue weighted by molar-refractivity contribution is -0.105. The molecule has 0 radical (unpaired) electrons. The second kappa shape index (κ2) is 5.37. The molecule has 7 heavy (non-hydrogen) atoms. The predicted molar refractivity (Wildman–Crippen MR) is 32.6 cm³/mol. The molecule has 0 aliphatic rings. The van der Waals surface area contributed by atoms with Gasteiger partial charge in [-0.1, -0.05) is 13.5 Å². The molecule has 0 atom stereocenters. The molecule has 0 aliphatic heterocycles. The van der Waals surface area contributed by atoms with Crippen LogP contribution in [0.5, 0.6) is 0 Å². The first kappa shape index (κ1) is 9.62. The van der Waals surface area contributed by atoms with E-state index in [2.05, 4.69) is 6.58 Å². The maximum absolute atomic E-state index is 9.64. The first-order valence-corrected chi connectivity index (χ1v) is 1.94. The largest absolute Gasteiger partial charge is 0.344 e. The Morgan fingerprint density at radius 1 is 2.00 bits per heavy atom. The van der Waals surface area contributed by atoms with Gasteiger partial charge in [0.15, 0.2) is 0 Å². The summed E-state index contributed by atoms with van der Waals surface area (Å²) in [5, 5.41) is 0. The van der Waals surface area contributed by atoms with Crippen LogP contribution in [0.15, 0.2) is 12.2 Å². The molecule has 0 rings (SSSR count). The van der Waals surface area contributed by atoms with Crippen LogP contribution in [0.4, 0.5) is 0 Å². The Balaban J connectivity index is -0.000000125. The molecule has 0 bridgehead atoms. The van der Waals surface area contributed by atoms with E-state index < -0.39 is 0 Å². The molecule has 0 aliphatic carbocycles. The van der Waals surface area contributed by atoms with Gasteiger partial charge in [0, 0.05) is 1.43 Å². The first-order valence-electron chi connectivity index (χ1n) is 1.94. The van der Waals surface area contributed by atoms with Gasteiger partial charge in [-0.05, 0) is 12.0 Å². The lowest BCUT2D eigenvalue weighted by Gasteiger charge is -1.79. The van der Waals surface area contributed by atoms with E-state index >= 15 is 0 Å². The molecule has 0 saturated carbocycles. The van der Waals surface area contributed by atoms with Crippen LogP contribution in [0.1, 0.15) is 14.8 Å². The van der Waals surface area contributed by atoms with Crippen molar-refractivity contribution in [2.75, 3.05) is 0 Å². The Morgan fingerprint density at radius 3 is 2.43 bits per heavy atom. The van der Waals surface area contributed by atoms with Crippen molar-refractivity contribution in [3.63, 3.8) is 0 Å². The second-order valence-electron chi connectivity index (χ2n) is 1.13. The quantitative estimate of drug-likeness (QED) is 0.426. The van der Waals surface area contributed by atoms with Gasteiger partial charge in [-0.3, -0.25) is 4.79 Å². The van der Waals surface area contributed by atoms with Crippen molar-refractivity contribution in [3.05, 3.63) is 12.2 Å². The number of aldehydes is 1. The summed E-state index contributed by atoms with van der Waals surface area (Å²) in [4.78, 5) is 9.64. The Labute approximate surface area is 45.3 Å². The third-order valence-corrected chi connectivity index (χ3v) is 0.621. The maximum atomic E-state index is 9.64. The van der Waals surface area contributed by atoms with E-state index in [4.69, 9.17) is 0 Å². The molecule has 0 heterocycles. The van der Waals surface area contributed by atoms with E-state index in [1.165, 1.54) is 0 Å². The van der Waals surface area contributed by atoms with E-state index in [0.29, 0.717) is 5.57 Å². The number of carbonyl (C=O) groups is 1. The van der Waals surface area contributed by atoms with Crippen LogP contribution >= 0.6 is 0 Å². The molecule has 0 saturated heterocycles. The molecular weight excluding hydrogens is 90.1 g/mol. The third-order valence-electron chi connectivity index (χ3n) is 0.621. The van der Waals surface area contributed by atoms with E-state index in [1.54, 1.807) is 0 Å². The van der Waals surface area contributed by atoms with Crippen molar-refractivity contribution >= 4 is 6.29 Å². The molecule has 0 fully saturated rings. The maximum Gasteiger partial charge on any atom is 0.145 e. The molecule has 44 valence electrons. The van der Waals surface area contributed by atoms with Gasteiger partial charge in [0.25, 0.3) is 0 Å². The van der Waals surface area contributed by atoms with Crippen molar-refractivity contribution in [2.45, 2.75) is 13.3 Å². The summed E-state index contributed by atoms with van der Waals surface area (Å²) in [5.41, 5.74) is 0.662. The zero-order valence-corrected chi connectivity index (χ0v) is 4.61. The lowest BCUT2D eigenvalue weighted by Crippen LogP contribution is -1.73. The van der Waals surface area contributed by atoms with Gasteiger partial charge in [0.1, 0.15) is 6.29 Å². The standard InChI is InChI=1S/C5H8O.H3N.H2/c1-3-5(2)4-6;;/h4H,2-3H2,1H3;1H3;1H. The van der Waals surface area contributed by atoms with E-state index in [0.717, 1.165) is 12.7 Å². The van der Waals surface area contributed by atoms with Crippen LogP contribution in [0, 0.1) is 0 Å². The molecule has 0 unspecified atom stereocenters. The number of allylic oxidation sites excluding steroid dienone is 1. The minimum Gasteiger partial charge on any atom is -0.344 e. The number of rotatable bonds is 2. The van der Waals surface area contributed by atoms with Crippen LogP contribution < -0.4 is 6.15 Å². The van der Waals surface area contributed by atoms with E-state index in [9.17, 15) is 4.79 Å². The van der Waals surface area contributed by atoms with Gasteiger partial charge >= 0.3 is 0 Å². The highest BCUT2D eigenvalue weighted by Gasteiger charge is 1.77. The van der Waals surface area contributed by atoms with Crippen LogP contribution in [-0.2, 0) is 4.79 Å². The van der Waals surface area contributed by atoms with Crippen LogP contribution in [0.3, 0.4) is 0 Å². The van der Waals surface area contributed by atoms with E-state index in [-0.39, 0.29) is 7.58 Å². The molecule has 2 nitrogen and oxygen atoms in total. The highest BCUT2D eigenvalue weighted by molar-refractivity contribution is 5.71. The second-order valence-corrected chi connectivity index (χ2v) is 1.13. The highest BCUT2D eigenvalue weighted by atomic mass is 16.1. The number of carbonyl (C=O) groups excluding carboxylic acids is 1. The zero-order valence-electron chi connectivity index (χ0n) is 4.61. The fraction of sp³-hybridized carbons (Fsp3) is 0.400. The van der Waals surface area contributed by atoms with Gasteiger partial charge < -0.3 is 6.15 Å². The molecule has 0 aromatic rings. The molecule has 2 heteroatoms. The highest BCUT2D eigenvalue weighted by Crippen LogP contribution is 1.86. The Kier molecular flexibility index (Phi) is 7.38. The average molecular weight is 103 g/mol. The predicted octanol–water partition coefficient (Wildman–Crippen LogP) is 1.56. The zero-order chi connectivity index (χ0) is 4.99. The lowest BCUT2D eigenvalue weighted by atomic mass is 10.3. The van der Waals surface area contributed by atoms with Gasteiger partial charge in [0.2, 0.25) is 0 Å². The number of hydrogen-bond donors (Lipinski definition) is 1. The summed E-state index contributed by atoms with van der Waals surface area (Å²) < 4.78 is 0. The molecule has 0 spiro atoms. The average Bonchev–Trinajstić information content (AvgIpc) is 1.65. The summed E-state index contributed by atoms with van der Waals surface area (Å²) in [5.74, 6) is 0. The third kappa shape index (κ3) is 5.37. The Morgan fingerprint density at radius 2 is 2.43 bits per heavy atom. The Bertz CT molecular complexity index is 72.8. The minimum absolute atomic E-state index is 0. The van der Waals surface area contributed by atoms with Gasteiger partial charge in [0.05, 0.1) is 0 Å². The van der Waals surface area contributed by atoms with Crippen LogP contribution in [0.25, 0.3) is 0 Å². The van der Waals surface area contributed by atoms with Crippen molar-refractivity contribution in [1.29, 1.82) is 0 Å². The summed E-state index contributed by atoms with van der Waals surface area (Å²) >= 11 is 0. The fourth-order valence-electron chi connectivity index (χ4n) is 0.0833. The molecule has 3 N–H and O–H groups in total. The fourth-order valence-corrected chi connectivity index (χ4v) is 0.0833. The Hall–Kier alpha value is -0.630. The smallest absolute Gasteiger partial charge is 0.145 e. The minimum atomic E-state index is 0. The van der Waals surface area contributed by atoms with Crippen molar-refractivity contribution in [2.24, 2.45) is 0 Å². The van der Waals surface area contributed by atoms with Gasteiger partial charge in [-0.2, -0.15) is 0 Å². The number of hydrogen-bond acceptors (Lipinski definition) is 2. The monoisotopic (exact) mass is 103 g/mol. The normalized spacial score (nSPS) is 6.43. The summed E-state index contributed by atoms with van der Waals surface area (Å²) in [6, 6.07) is 0. The van der Waals surface area contributed by atoms with Crippen molar-refractivity contribution in [3.8, 4) is 0 Å². The van der Waals surface area contributed by atoms with Crippen molar-refractivity contribution < 1.29 is 6.22 Å². The van der Waals surface area contributed by atoms with Gasteiger partial charge in [-0.25, -0.2) is 0 Å². The van der Waals surface area contributed by atoms with Crippen LogP contribution in [-0.4, -0.2) is 6.29 Å². The topological polar surface area (TPSA) is 52.1 Å². The summed E-state index contributed by atoms with van der Waals surface area (Å²) in [6.07, 6.45) is 1.55. The summed E-state index contributed by atoms with van der Waals surface area (Å²) in [7, 11) is 0.